The molecule has 108 valence electrons. The van der Waals surface area contributed by atoms with Gasteiger partial charge in [0.25, 0.3) is 5.56 Å². The van der Waals surface area contributed by atoms with E-state index in [2.05, 4.69) is 11.9 Å². The SMILES string of the molecule is CCCCOCCn1c(=O)[nH]c(Cl)c(C(C)C)c1=O. The Bertz CT molecular complexity index is 520. The molecule has 0 saturated carbocycles. The molecule has 0 amide bonds. The van der Waals surface area contributed by atoms with E-state index < -0.39 is 5.69 Å². The number of nitrogens with one attached hydrogen (secondary N) is 1. The van der Waals surface area contributed by atoms with Crippen LogP contribution in [0.25, 0.3) is 0 Å². The Labute approximate surface area is 117 Å². The fourth-order valence-corrected chi connectivity index (χ4v) is 2.15. The predicted octanol–water partition coefficient (Wildman–Crippen LogP) is 2.13. The van der Waals surface area contributed by atoms with Crippen LogP contribution in [-0.2, 0) is 11.3 Å². The maximum Gasteiger partial charge on any atom is 0.329 e. The second-order valence-electron chi connectivity index (χ2n) is 4.74. The van der Waals surface area contributed by atoms with Crippen molar-refractivity contribution in [3.05, 3.63) is 31.6 Å². The monoisotopic (exact) mass is 288 g/mol. The van der Waals surface area contributed by atoms with Crippen LogP contribution in [0.15, 0.2) is 9.59 Å². The van der Waals surface area contributed by atoms with Crippen LogP contribution in [0.1, 0.15) is 45.1 Å². The molecule has 1 aromatic rings. The smallest absolute Gasteiger partial charge is 0.329 e. The van der Waals surface area contributed by atoms with E-state index in [1.165, 1.54) is 0 Å². The van der Waals surface area contributed by atoms with Crippen molar-refractivity contribution in [2.24, 2.45) is 0 Å². The van der Waals surface area contributed by atoms with Gasteiger partial charge in [0.15, 0.2) is 0 Å². The van der Waals surface area contributed by atoms with E-state index in [1.807, 2.05) is 13.8 Å². The van der Waals surface area contributed by atoms with Gasteiger partial charge >= 0.3 is 5.69 Å². The van der Waals surface area contributed by atoms with Crippen LogP contribution >= 0.6 is 11.6 Å². The highest BCUT2D eigenvalue weighted by molar-refractivity contribution is 6.30. The molecule has 0 spiro atoms. The molecule has 0 aliphatic heterocycles. The van der Waals surface area contributed by atoms with E-state index in [0.29, 0.717) is 18.8 Å². The van der Waals surface area contributed by atoms with E-state index >= 15 is 0 Å². The lowest BCUT2D eigenvalue weighted by molar-refractivity contribution is 0.122. The fraction of sp³-hybridized carbons (Fsp3) is 0.692. The van der Waals surface area contributed by atoms with Gasteiger partial charge in [-0.2, -0.15) is 0 Å². The Hall–Kier alpha value is -1.07. The number of nitrogens with zero attached hydrogens (tertiary/aromatic N) is 1. The van der Waals surface area contributed by atoms with Gasteiger partial charge in [-0.25, -0.2) is 4.79 Å². The Morgan fingerprint density at radius 2 is 2.00 bits per heavy atom. The lowest BCUT2D eigenvalue weighted by Crippen LogP contribution is -2.38. The molecular weight excluding hydrogens is 268 g/mol. The highest BCUT2D eigenvalue weighted by Gasteiger charge is 2.15. The van der Waals surface area contributed by atoms with E-state index in [9.17, 15) is 9.59 Å². The molecule has 0 bridgehead atoms. The Kier molecular flexibility index (Phi) is 6.31. The van der Waals surface area contributed by atoms with Gasteiger partial charge in [-0.05, 0) is 12.3 Å². The number of H-pyrrole nitrogens is 1. The van der Waals surface area contributed by atoms with Crippen molar-refractivity contribution in [1.82, 2.24) is 9.55 Å². The molecule has 0 atom stereocenters. The summed E-state index contributed by atoms with van der Waals surface area (Å²) in [6.07, 6.45) is 2.03. The van der Waals surface area contributed by atoms with Gasteiger partial charge in [0.1, 0.15) is 5.15 Å². The van der Waals surface area contributed by atoms with Crippen LogP contribution in [0.2, 0.25) is 5.15 Å². The topological polar surface area (TPSA) is 64.1 Å². The molecule has 19 heavy (non-hydrogen) atoms. The Morgan fingerprint density at radius 3 is 2.58 bits per heavy atom. The summed E-state index contributed by atoms with van der Waals surface area (Å²) in [4.78, 5) is 26.4. The van der Waals surface area contributed by atoms with E-state index in [0.717, 1.165) is 17.4 Å². The summed E-state index contributed by atoms with van der Waals surface area (Å²) in [6.45, 7) is 7.05. The van der Waals surface area contributed by atoms with Crippen LogP contribution in [0.5, 0.6) is 0 Å². The summed E-state index contributed by atoms with van der Waals surface area (Å²) in [6, 6.07) is 0. The summed E-state index contributed by atoms with van der Waals surface area (Å²) in [7, 11) is 0. The van der Waals surface area contributed by atoms with E-state index in [-0.39, 0.29) is 23.2 Å². The van der Waals surface area contributed by atoms with E-state index in [1.54, 1.807) is 0 Å². The number of ether oxygens (including phenoxy) is 1. The normalized spacial score (nSPS) is 11.2. The summed E-state index contributed by atoms with van der Waals surface area (Å²) in [5, 5.41) is 0.133. The third-order valence-electron chi connectivity index (χ3n) is 2.85. The first kappa shape index (κ1) is 16.0. The lowest BCUT2D eigenvalue weighted by atomic mass is 10.1. The number of unbranched alkanes of at least 4 members (excludes halogenated alkanes) is 1. The number of halogens is 1. The second-order valence-corrected chi connectivity index (χ2v) is 5.11. The maximum atomic E-state index is 12.2. The average Bonchev–Trinajstić information content (AvgIpc) is 2.31. The summed E-state index contributed by atoms with van der Waals surface area (Å²) >= 11 is 5.90. The van der Waals surface area contributed by atoms with Crippen molar-refractivity contribution >= 4 is 11.6 Å². The van der Waals surface area contributed by atoms with Gasteiger partial charge in [0.05, 0.1) is 18.7 Å². The largest absolute Gasteiger partial charge is 0.380 e. The minimum Gasteiger partial charge on any atom is -0.380 e. The van der Waals surface area contributed by atoms with Gasteiger partial charge in [-0.15, -0.1) is 0 Å². The first-order chi connectivity index (χ1) is 8.99. The summed E-state index contributed by atoms with van der Waals surface area (Å²) in [5.41, 5.74) is -0.379. The van der Waals surface area contributed by atoms with Gasteiger partial charge in [-0.1, -0.05) is 38.8 Å². The number of aromatic amines is 1. The molecule has 1 N–H and O–H groups in total. The third-order valence-corrected chi connectivity index (χ3v) is 3.15. The molecule has 0 unspecified atom stereocenters. The van der Waals surface area contributed by atoms with E-state index in [4.69, 9.17) is 16.3 Å². The zero-order valence-electron chi connectivity index (χ0n) is 11.7. The van der Waals surface area contributed by atoms with Crippen LogP contribution in [0, 0.1) is 0 Å². The molecule has 1 rings (SSSR count). The maximum absolute atomic E-state index is 12.2. The van der Waals surface area contributed by atoms with Gasteiger partial charge in [0, 0.05) is 6.61 Å². The summed E-state index contributed by atoms with van der Waals surface area (Å²) < 4.78 is 6.52. The van der Waals surface area contributed by atoms with Crippen LogP contribution in [-0.4, -0.2) is 22.8 Å². The molecule has 5 nitrogen and oxygen atoms in total. The number of hydrogen-bond acceptors (Lipinski definition) is 3. The molecule has 1 aromatic heterocycles. The van der Waals surface area contributed by atoms with Crippen molar-refractivity contribution < 1.29 is 4.74 Å². The average molecular weight is 289 g/mol. The van der Waals surface area contributed by atoms with Crippen molar-refractivity contribution in [1.29, 1.82) is 0 Å². The zero-order valence-corrected chi connectivity index (χ0v) is 12.4. The van der Waals surface area contributed by atoms with Crippen molar-refractivity contribution in [3.63, 3.8) is 0 Å². The molecule has 1 heterocycles. The van der Waals surface area contributed by atoms with Crippen molar-refractivity contribution in [2.45, 2.75) is 46.1 Å². The lowest BCUT2D eigenvalue weighted by Gasteiger charge is -2.11. The van der Waals surface area contributed by atoms with Crippen LogP contribution in [0.3, 0.4) is 0 Å². The molecule has 0 aliphatic rings. The predicted molar refractivity (Wildman–Crippen MR) is 76.1 cm³/mol. The van der Waals surface area contributed by atoms with Crippen molar-refractivity contribution in [3.8, 4) is 0 Å². The van der Waals surface area contributed by atoms with Gasteiger partial charge in [-0.3, -0.25) is 14.3 Å². The standard InChI is InChI=1S/C13H21ClN2O3/c1-4-5-7-19-8-6-16-12(17)10(9(2)3)11(14)15-13(16)18/h9H,4-8H2,1-3H3,(H,15,18). The number of aromatic nitrogens is 2. The quantitative estimate of drug-likeness (QED) is 0.617. The van der Waals surface area contributed by atoms with Crippen LogP contribution < -0.4 is 11.2 Å². The highest BCUT2D eigenvalue weighted by Crippen LogP contribution is 2.16. The molecule has 0 aromatic carbocycles. The number of hydrogen-bond donors (Lipinski definition) is 1. The van der Waals surface area contributed by atoms with Crippen LogP contribution in [0.4, 0.5) is 0 Å². The third kappa shape index (κ3) is 4.21. The van der Waals surface area contributed by atoms with Crippen molar-refractivity contribution in [2.75, 3.05) is 13.2 Å². The molecule has 0 aliphatic carbocycles. The second kappa shape index (κ2) is 7.50. The Morgan fingerprint density at radius 1 is 1.32 bits per heavy atom. The first-order valence-electron chi connectivity index (χ1n) is 6.59. The fourth-order valence-electron chi connectivity index (χ4n) is 1.77. The molecular formula is C13H21ClN2O3. The number of rotatable bonds is 7. The molecule has 0 fully saturated rings. The highest BCUT2D eigenvalue weighted by atomic mass is 35.5. The molecule has 0 saturated heterocycles. The molecule has 6 heteroatoms. The first-order valence-corrected chi connectivity index (χ1v) is 6.97. The minimum absolute atomic E-state index is 0.0379. The van der Waals surface area contributed by atoms with Gasteiger partial charge in [0.2, 0.25) is 0 Å². The Balaban J connectivity index is 2.87. The molecule has 0 radical (unpaired) electrons. The zero-order chi connectivity index (χ0) is 14.4. The minimum atomic E-state index is -0.488. The van der Waals surface area contributed by atoms with Gasteiger partial charge < -0.3 is 4.74 Å². The summed E-state index contributed by atoms with van der Waals surface area (Å²) in [5.74, 6) is -0.0379.